The Labute approximate surface area is 206 Å². The highest BCUT2D eigenvalue weighted by Gasteiger charge is 2.10. The van der Waals surface area contributed by atoms with E-state index < -0.39 is 0 Å². The number of nitrogens with zero attached hydrogens (tertiary/aromatic N) is 2. The molecular formula is C24H39BrN4O4. The van der Waals surface area contributed by atoms with Gasteiger partial charge in [-0.2, -0.15) is 0 Å². The van der Waals surface area contributed by atoms with Gasteiger partial charge in [-0.05, 0) is 53.4 Å². The van der Waals surface area contributed by atoms with Crippen LogP contribution in [0.15, 0.2) is 22.9 Å². The van der Waals surface area contributed by atoms with Crippen LogP contribution in [0, 0.1) is 11.8 Å². The van der Waals surface area contributed by atoms with Crippen molar-refractivity contribution >= 4 is 27.3 Å². The van der Waals surface area contributed by atoms with E-state index >= 15 is 0 Å². The van der Waals surface area contributed by atoms with E-state index in [2.05, 4.69) is 53.6 Å². The number of rotatable bonds is 12. The fraction of sp³-hybridized carbons (Fsp3) is 0.583. The van der Waals surface area contributed by atoms with Crippen LogP contribution in [0.5, 0.6) is 23.3 Å². The molecule has 0 aliphatic rings. The molecule has 33 heavy (non-hydrogen) atoms. The number of halogens is 1. The Kier molecular flexibility index (Phi) is 13.4. The lowest BCUT2D eigenvalue weighted by Crippen LogP contribution is -2.04. The van der Waals surface area contributed by atoms with Crippen LogP contribution in [0.2, 0.25) is 0 Å². The standard InChI is InChI=1S/C12H19BrN2O2.C12H20N2O2/c1-8(2)5-4-6-17-12-10(16-3)7-9(14)11(13)15-12;1-9(2)5-4-6-16-12-11(15-3)7-10(13)8-14-12/h7-8H,4-6,14H2,1-3H3;7-9H,4-6,13H2,1-3H3. The SMILES string of the molecule is COc1cc(N)c(Br)nc1OCCCC(C)C.COc1cc(N)cnc1OCCCC(C)C. The van der Waals surface area contributed by atoms with Crippen molar-refractivity contribution < 1.29 is 18.9 Å². The van der Waals surface area contributed by atoms with Crippen LogP contribution in [0.25, 0.3) is 0 Å². The van der Waals surface area contributed by atoms with Gasteiger partial charge in [0, 0.05) is 12.1 Å². The summed E-state index contributed by atoms with van der Waals surface area (Å²) in [6.45, 7) is 10.1. The molecule has 0 fully saturated rings. The molecule has 0 saturated carbocycles. The Morgan fingerprint density at radius 2 is 1.36 bits per heavy atom. The van der Waals surface area contributed by atoms with E-state index in [0.29, 0.717) is 64.3 Å². The first-order chi connectivity index (χ1) is 15.7. The maximum Gasteiger partial charge on any atom is 0.258 e. The molecule has 8 nitrogen and oxygen atoms in total. The molecule has 0 atom stereocenters. The molecule has 2 aromatic rings. The van der Waals surface area contributed by atoms with Gasteiger partial charge in [-0.15, -0.1) is 0 Å². The minimum absolute atomic E-state index is 0.484. The number of hydrogen-bond acceptors (Lipinski definition) is 8. The van der Waals surface area contributed by atoms with Gasteiger partial charge in [0.25, 0.3) is 11.8 Å². The molecule has 0 aliphatic heterocycles. The average molecular weight is 528 g/mol. The van der Waals surface area contributed by atoms with Crippen molar-refractivity contribution in [2.24, 2.45) is 11.8 Å². The van der Waals surface area contributed by atoms with Crippen LogP contribution in [0.3, 0.4) is 0 Å². The highest BCUT2D eigenvalue weighted by molar-refractivity contribution is 9.10. The lowest BCUT2D eigenvalue weighted by molar-refractivity contribution is 0.268. The molecule has 0 aliphatic carbocycles. The van der Waals surface area contributed by atoms with Gasteiger partial charge in [-0.25, -0.2) is 9.97 Å². The van der Waals surface area contributed by atoms with Gasteiger partial charge in [0.2, 0.25) is 0 Å². The summed E-state index contributed by atoms with van der Waals surface area (Å²) >= 11 is 3.27. The number of methoxy groups -OCH3 is 2. The lowest BCUT2D eigenvalue weighted by Gasteiger charge is -2.11. The zero-order chi connectivity index (χ0) is 24.8. The molecule has 0 amide bonds. The van der Waals surface area contributed by atoms with Crippen molar-refractivity contribution in [3.63, 3.8) is 0 Å². The predicted molar refractivity (Wildman–Crippen MR) is 137 cm³/mol. The van der Waals surface area contributed by atoms with Crippen LogP contribution in [-0.4, -0.2) is 37.4 Å². The largest absolute Gasteiger partial charge is 0.491 e. The minimum atomic E-state index is 0.484. The summed E-state index contributed by atoms with van der Waals surface area (Å²) in [6, 6.07) is 3.42. The molecule has 0 bridgehead atoms. The lowest BCUT2D eigenvalue weighted by atomic mass is 10.1. The summed E-state index contributed by atoms with van der Waals surface area (Å²) < 4.78 is 22.0. The van der Waals surface area contributed by atoms with E-state index in [-0.39, 0.29) is 0 Å². The van der Waals surface area contributed by atoms with Gasteiger partial charge in [0.15, 0.2) is 11.5 Å². The van der Waals surface area contributed by atoms with Crippen LogP contribution in [-0.2, 0) is 0 Å². The number of hydrogen-bond donors (Lipinski definition) is 2. The molecule has 4 N–H and O–H groups in total. The Morgan fingerprint density at radius 3 is 1.88 bits per heavy atom. The van der Waals surface area contributed by atoms with E-state index in [9.17, 15) is 0 Å². The van der Waals surface area contributed by atoms with Crippen molar-refractivity contribution in [1.82, 2.24) is 9.97 Å². The number of aromatic nitrogens is 2. The van der Waals surface area contributed by atoms with E-state index in [1.54, 1.807) is 32.5 Å². The smallest absolute Gasteiger partial charge is 0.258 e. The van der Waals surface area contributed by atoms with Gasteiger partial charge in [0.05, 0.1) is 45.0 Å². The van der Waals surface area contributed by atoms with Crippen molar-refractivity contribution in [3.05, 3.63) is 22.9 Å². The van der Waals surface area contributed by atoms with Crippen molar-refractivity contribution in [2.75, 3.05) is 38.9 Å². The molecule has 2 rings (SSSR count). The fourth-order valence-corrected chi connectivity index (χ4v) is 3.02. The maximum atomic E-state index is 5.71. The number of ether oxygens (including phenoxy) is 4. The first kappa shape index (κ1) is 28.6. The summed E-state index contributed by atoms with van der Waals surface area (Å²) in [5.41, 5.74) is 12.4. The minimum Gasteiger partial charge on any atom is -0.491 e. The van der Waals surface area contributed by atoms with Gasteiger partial charge >= 0.3 is 0 Å². The molecule has 2 heterocycles. The third-order valence-corrected chi connectivity index (χ3v) is 5.18. The predicted octanol–water partition coefficient (Wildman–Crippen LogP) is 5.74. The molecule has 0 spiro atoms. The summed E-state index contributed by atoms with van der Waals surface area (Å²) in [6.07, 6.45) is 5.88. The second-order valence-corrected chi connectivity index (χ2v) is 9.17. The summed E-state index contributed by atoms with van der Waals surface area (Å²) in [5.74, 6) is 3.54. The van der Waals surface area contributed by atoms with Crippen molar-refractivity contribution in [2.45, 2.75) is 53.4 Å². The van der Waals surface area contributed by atoms with E-state index in [1.807, 2.05) is 0 Å². The molecule has 0 saturated heterocycles. The summed E-state index contributed by atoms with van der Waals surface area (Å²) in [5, 5.41) is 0. The zero-order valence-corrected chi connectivity index (χ0v) is 22.3. The quantitative estimate of drug-likeness (QED) is 0.265. The highest BCUT2D eigenvalue weighted by atomic mass is 79.9. The van der Waals surface area contributed by atoms with E-state index in [1.165, 1.54) is 0 Å². The first-order valence-corrected chi connectivity index (χ1v) is 12.0. The Bertz CT molecular complexity index is 834. The van der Waals surface area contributed by atoms with Gasteiger partial charge < -0.3 is 30.4 Å². The monoisotopic (exact) mass is 526 g/mol. The van der Waals surface area contributed by atoms with E-state index in [4.69, 9.17) is 30.4 Å². The number of pyridine rings is 2. The molecule has 0 radical (unpaired) electrons. The third-order valence-electron chi connectivity index (χ3n) is 4.54. The maximum absolute atomic E-state index is 5.71. The Hall–Kier alpha value is -2.42. The second-order valence-electron chi connectivity index (χ2n) is 8.42. The number of nitrogens with two attached hydrogens (primary N) is 2. The summed E-state index contributed by atoms with van der Waals surface area (Å²) in [4.78, 5) is 8.30. The van der Waals surface area contributed by atoms with Crippen LogP contribution >= 0.6 is 15.9 Å². The average Bonchev–Trinajstić information content (AvgIpc) is 2.77. The zero-order valence-electron chi connectivity index (χ0n) is 20.7. The second kappa shape index (κ2) is 15.4. The normalized spacial score (nSPS) is 10.6. The Morgan fingerprint density at radius 1 is 0.848 bits per heavy atom. The molecule has 2 aromatic heterocycles. The molecular weight excluding hydrogens is 488 g/mol. The highest BCUT2D eigenvalue weighted by Crippen LogP contribution is 2.31. The van der Waals surface area contributed by atoms with Gasteiger partial charge in [-0.3, -0.25) is 0 Å². The summed E-state index contributed by atoms with van der Waals surface area (Å²) in [7, 11) is 3.16. The fourth-order valence-electron chi connectivity index (χ4n) is 2.74. The van der Waals surface area contributed by atoms with Gasteiger partial charge in [-0.1, -0.05) is 27.7 Å². The molecule has 0 aromatic carbocycles. The van der Waals surface area contributed by atoms with Crippen LogP contribution < -0.4 is 30.4 Å². The Balaban J connectivity index is 0.000000331. The number of nitrogen functional groups attached to an aromatic ring is 2. The first-order valence-electron chi connectivity index (χ1n) is 11.2. The van der Waals surface area contributed by atoms with E-state index in [0.717, 1.165) is 25.7 Å². The van der Waals surface area contributed by atoms with Crippen LogP contribution in [0.1, 0.15) is 53.4 Å². The molecule has 0 unspecified atom stereocenters. The van der Waals surface area contributed by atoms with Gasteiger partial charge in [0.1, 0.15) is 4.60 Å². The van der Waals surface area contributed by atoms with Crippen LogP contribution in [0.4, 0.5) is 11.4 Å². The topological polar surface area (TPSA) is 115 Å². The van der Waals surface area contributed by atoms with Crippen molar-refractivity contribution in [1.29, 1.82) is 0 Å². The molecule has 186 valence electrons. The molecule has 9 heteroatoms. The van der Waals surface area contributed by atoms with Crippen molar-refractivity contribution in [3.8, 4) is 23.3 Å². The third kappa shape index (κ3) is 11.3. The number of anilines is 2.